The second-order valence-corrected chi connectivity index (χ2v) is 2.48. The highest BCUT2D eigenvalue weighted by Gasteiger charge is 2.15. The van der Waals surface area contributed by atoms with Gasteiger partial charge < -0.3 is 13.9 Å². The first-order chi connectivity index (χ1) is 6.29. The van der Waals surface area contributed by atoms with E-state index in [9.17, 15) is 4.79 Å². The lowest BCUT2D eigenvalue weighted by molar-refractivity contribution is 0.0663. The Morgan fingerprint density at radius 2 is 2.15 bits per heavy atom. The molecule has 0 unspecified atom stereocenters. The lowest BCUT2D eigenvalue weighted by atomic mass is 10.1. The van der Waals surface area contributed by atoms with E-state index in [1.165, 1.54) is 18.8 Å². The molecule has 4 heteroatoms. The van der Waals surface area contributed by atoms with Gasteiger partial charge in [-0.1, -0.05) is 0 Å². The van der Waals surface area contributed by atoms with Gasteiger partial charge in [0.1, 0.15) is 0 Å². The van der Waals surface area contributed by atoms with Crippen LogP contribution < -0.4 is 0 Å². The zero-order chi connectivity index (χ0) is 9.26. The van der Waals surface area contributed by atoms with Crippen molar-refractivity contribution in [3.8, 4) is 11.1 Å². The molecule has 2 heterocycles. The lowest BCUT2D eigenvalue weighted by Gasteiger charge is -1.92. The van der Waals surface area contributed by atoms with E-state index in [0.717, 1.165) is 0 Å². The van der Waals surface area contributed by atoms with E-state index in [-0.39, 0.29) is 5.76 Å². The molecule has 2 aromatic heterocycles. The fraction of sp³-hybridized carbons (Fsp3) is 0. The number of hydrogen-bond acceptors (Lipinski definition) is 3. The normalized spacial score (nSPS) is 10.2. The van der Waals surface area contributed by atoms with Gasteiger partial charge in [0.25, 0.3) is 0 Å². The first kappa shape index (κ1) is 7.67. The van der Waals surface area contributed by atoms with E-state index in [4.69, 9.17) is 13.9 Å². The Morgan fingerprint density at radius 3 is 2.77 bits per heavy atom. The zero-order valence-corrected chi connectivity index (χ0v) is 6.56. The predicted octanol–water partition coefficient (Wildman–Crippen LogP) is 2.24. The minimum absolute atomic E-state index is 0.0681. The Hall–Kier alpha value is -1.97. The van der Waals surface area contributed by atoms with Crippen molar-refractivity contribution in [1.29, 1.82) is 0 Å². The molecule has 0 saturated carbocycles. The molecule has 0 spiro atoms. The smallest absolute Gasteiger partial charge is 0.372 e. The Kier molecular flexibility index (Phi) is 1.66. The molecule has 2 rings (SSSR count). The number of aromatic carboxylic acids is 1. The molecule has 1 N–H and O–H groups in total. The summed E-state index contributed by atoms with van der Waals surface area (Å²) >= 11 is 0. The number of hydrogen-bond donors (Lipinski definition) is 1. The molecular weight excluding hydrogens is 172 g/mol. The average molecular weight is 178 g/mol. The predicted molar refractivity (Wildman–Crippen MR) is 43.4 cm³/mol. The second-order valence-electron chi connectivity index (χ2n) is 2.48. The highest BCUT2D eigenvalue weighted by molar-refractivity contribution is 5.92. The number of carboxylic acids is 1. The van der Waals surface area contributed by atoms with E-state index in [1.807, 2.05) is 0 Å². The maximum Gasteiger partial charge on any atom is 0.372 e. The summed E-state index contributed by atoms with van der Waals surface area (Å²) in [5.41, 5.74) is 1.23. The molecule has 0 radical (unpaired) electrons. The van der Waals surface area contributed by atoms with Gasteiger partial charge >= 0.3 is 5.97 Å². The van der Waals surface area contributed by atoms with Gasteiger partial charge in [0.15, 0.2) is 0 Å². The summed E-state index contributed by atoms with van der Waals surface area (Å²) in [7, 11) is 0. The molecule has 0 aliphatic heterocycles. The molecule has 66 valence electrons. The summed E-state index contributed by atoms with van der Waals surface area (Å²) in [5.74, 6) is -1.15. The third-order valence-electron chi connectivity index (χ3n) is 1.69. The van der Waals surface area contributed by atoms with Crippen LogP contribution in [0, 0.1) is 0 Å². The first-order valence-corrected chi connectivity index (χ1v) is 3.62. The van der Waals surface area contributed by atoms with Crippen LogP contribution in [0.1, 0.15) is 10.6 Å². The maximum absolute atomic E-state index is 10.7. The largest absolute Gasteiger partial charge is 0.475 e. The molecule has 0 aromatic carbocycles. The molecule has 0 atom stereocenters. The zero-order valence-electron chi connectivity index (χ0n) is 6.56. The topological polar surface area (TPSA) is 63.6 Å². The second kappa shape index (κ2) is 2.82. The minimum atomic E-state index is -1.08. The van der Waals surface area contributed by atoms with E-state index in [0.29, 0.717) is 11.1 Å². The number of furan rings is 2. The molecular formula is C9H6O4. The summed E-state index contributed by atoms with van der Waals surface area (Å²) in [6.07, 6.45) is 4.29. The Morgan fingerprint density at radius 1 is 1.31 bits per heavy atom. The van der Waals surface area contributed by atoms with Crippen molar-refractivity contribution < 1.29 is 18.7 Å². The van der Waals surface area contributed by atoms with Gasteiger partial charge in [-0.25, -0.2) is 4.79 Å². The van der Waals surface area contributed by atoms with Gasteiger partial charge in [-0.2, -0.15) is 0 Å². The molecule has 2 aromatic rings. The summed E-state index contributed by atoms with van der Waals surface area (Å²) in [6, 6.07) is 3.27. The lowest BCUT2D eigenvalue weighted by Crippen LogP contribution is -1.94. The quantitative estimate of drug-likeness (QED) is 0.765. The summed E-state index contributed by atoms with van der Waals surface area (Å²) in [6.45, 7) is 0. The van der Waals surface area contributed by atoms with Crippen LogP contribution in [0.25, 0.3) is 11.1 Å². The van der Waals surface area contributed by atoms with Crippen LogP contribution >= 0.6 is 0 Å². The van der Waals surface area contributed by atoms with Crippen LogP contribution in [0.3, 0.4) is 0 Å². The fourth-order valence-electron chi connectivity index (χ4n) is 1.12. The Bertz CT molecular complexity index is 411. The molecule has 0 saturated heterocycles. The standard InChI is InChI=1S/C9H6O4/c10-9(11)8-7(2-4-13-8)6-1-3-12-5-6/h1-5H,(H,10,11). The van der Waals surface area contributed by atoms with Gasteiger partial charge in [-0.15, -0.1) is 0 Å². The average Bonchev–Trinajstić information content (AvgIpc) is 2.74. The number of carboxylic acid groups (broad SMARTS) is 1. The van der Waals surface area contributed by atoms with Crippen LogP contribution in [0.15, 0.2) is 39.8 Å². The van der Waals surface area contributed by atoms with Gasteiger partial charge in [-0.3, -0.25) is 0 Å². The van der Waals surface area contributed by atoms with Gasteiger partial charge in [0.05, 0.1) is 18.8 Å². The summed E-state index contributed by atoms with van der Waals surface area (Å²) < 4.78 is 9.65. The summed E-state index contributed by atoms with van der Waals surface area (Å²) in [5, 5.41) is 8.73. The third kappa shape index (κ3) is 1.22. The van der Waals surface area contributed by atoms with Crippen LogP contribution in [0.2, 0.25) is 0 Å². The van der Waals surface area contributed by atoms with E-state index >= 15 is 0 Å². The van der Waals surface area contributed by atoms with Crippen molar-refractivity contribution in [2.45, 2.75) is 0 Å². The van der Waals surface area contributed by atoms with Gasteiger partial charge in [-0.05, 0) is 12.1 Å². The third-order valence-corrected chi connectivity index (χ3v) is 1.69. The maximum atomic E-state index is 10.7. The Labute approximate surface area is 73.4 Å². The number of carbonyl (C=O) groups is 1. The van der Waals surface area contributed by atoms with Crippen LogP contribution in [0.4, 0.5) is 0 Å². The van der Waals surface area contributed by atoms with Crippen LogP contribution in [-0.2, 0) is 0 Å². The van der Waals surface area contributed by atoms with Crippen molar-refractivity contribution in [3.63, 3.8) is 0 Å². The highest BCUT2D eigenvalue weighted by atomic mass is 16.4. The van der Waals surface area contributed by atoms with Crippen LogP contribution in [-0.4, -0.2) is 11.1 Å². The van der Waals surface area contributed by atoms with E-state index in [1.54, 1.807) is 12.1 Å². The van der Waals surface area contributed by atoms with E-state index in [2.05, 4.69) is 0 Å². The Balaban J connectivity index is 2.52. The van der Waals surface area contributed by atoms with Gasteiger partial charge in [0.2, 0.25) is 5.76 Å². The molecule has 0 aliphatic rings. The van der Waals surface area contributed by atoms with Crippen molar-refractivity contribution in [2.24, 2.45) is 0 Å². The van der Waals surface area contributed by atoms with E-state index < -0.39 is 5.97 Å². The summed E-state index contributed by atoms with van der Waals surface area (Å²) in [4.78, 5) is 10.7. The highest BCUT2D eigenvalue weighted by Crippen LogP contribution is 2.24. The molecule has 0 fully saturated rings. The molecule has 0 amide bonds. The first-order valence-electron chi connectivity index (χ1n) is 3.62. The van der Waals surface area contributed by atoms with Crippen LogP contribution in [0.5, 0.6) is 0 Å². The SMILES string of the molecule is O=C(O)c1occc1-c1ccoc1. The fourth-order valence-corrected chi connectivity index (χ4v) is 1.12. The molecule has 0 bridgehead atoms. The molecule has 0 aliphatic carbocycles. The molecule has 4 nitrogen and oxygen atoms in total. The monoisotopic (exact) mass is 178 g/mol. The van der Waals surface area contributed by atoms with Crippen molar-refractivity contribution in [3.05, 3.63) is 36.7 Å². The van der Waals surface area contributed by atoms with Crippen molar-refractivity contribution >= 4 is 5.97 Å². The van der Waals surface area contributed by atoms with Gasteiger partial charge in [0, 0.05) is 11.1 Å². The minimum Gasteiger partial charge on any atom is -0.475 e. The van der Waals surface area contributed by atoms with Crippen molar-refractivity contribution in [2.75, 3.05) is 0 Å². The van der Waals surface area contributed by atoms with Crippen molar-refractivity contribution in [1.82, 2.24) is 0 Å². The molecule has 13 heavy (non-hydrogen) atoms. The number of rotatable bonds is 2.